The van der Waals surface area contributed by atoms with Gasteiger partial charge in [0.05, 0.1) is 29.0 Å². The first-order valence-electron chi connectivity index (χ1n) is 6.41. The van der Waals surface area contributed by atoms with Crippen LogP contribution in [0.15, 0.2) is 29.2 Å². The second kappa shape index (κ2) is 7.00. The molecule has 1 aliphatic heterocycles. The van der Waals surface area contributed by atoms with E-state index in [9.17, 15) is 8.42 Å². The molecule has 20 heavy (non-hydrogen) atoms. The third-order valence-electron chi connectivity index (χ3n) is 3.05. The summed E-state index contributed by atoms with van der Waals surface area (Å²) in [5.74, 6) is 0. The van der Waals surface area contributed by atoms with Crippen molar-refractivity contribution in [3.8, 4) is 0 Å². The predicted octanol–water partition coefficient (Wildman–Crippen LogP) is 1.45. The second-order valence-corrected chi connectivity index (χ2v) is 7.46. The lowest BCUT2D eigenvalue weighted by molar-refractivity contribution is 0.0503. The molecule has 0 spiro atoms. The summed E-state index contributed by atoms with van der Waals surface area (Å²) < 4.78 is 34.3. The van der Waals surface area contributed by atoms with Crippen LogP contribution in [-0.4, -0.2) is 45.7 Å². The van der Waals surface area contributed by atoms with Gasteiger partial charge in [-0.15, -0.1) is 0 Å². The van der Waals surface area contributed by atoms with E-state index in [2.05, 4.69) is 21.2 Å². The van der Waals surface area contributed by atoms with E-state index in [1.54, 1.807) is 24.3 Å². The van der Waals surface area contributed by atoms with E-state index in [0.717, 1.165) is 18.7 Å². The maximum absolute atomic E-state index is 11.9. The molecule has 2 rings (SSSR count). The summed E-state index contributed by atoms with van der Waals surface area (Å²) in [5, 5.41) is 3.18. The van der Waals surface area contributed by atoms with Gasteiger partial charge in [-0.05, 0) is 19.1 Å². The number of hydrogen-bond donors (Lipinski definition) is 1. The molecule has 5 nitrogen and oxygen atoms in total. The average Bonchev–Trinajstić information content (AvgIpc) is 2.81. The number of rotatable bonds is 6. The van der Waals surface area contributed by atoms with Gasteiger partial charge in [0.15, 0.2) is 0 Å². The van der Waals surface area contributed by atoms with Crippen LogP contribution in [0, 0.1) is 6.92 Å². The summed E-state index contributed by atoms with van der Waals surface area (Å²) in [6.07, 6.45) is 0.0562. The highest BCUT2D eigenvalue weighted by Crippen LogP contribution is 2.15. The summed E-state index contributed by atoms with van der Waals surface area (Å²) in [6.45, 7) is 3.79. The third kappa shape index (κ3) is 4.26. The van der Waals surface area contributed by atoms with Crippen LogP contribution in [0.4, 0.5) is 0 Å². The van der Waals surface area contributed by atoms with Crippen LogP contribution in [0.1, 0.15) is 5.56 Å². The van der Waals surface area contributed by atoms with Crippen LogP contribution >= 0.6 is 15.9 Å². The fraction of sp³-hybridized carbons (Fsp3) is 0.538. The second-order valence-electron chi connectivity index (χ2n) is 4.67. The number of hydrogen-bond acceptors (Lipinski definition) is 5. The Bertz CT molecular complexity index is 532. The zero-order chi connectivity index (χ0) is 14.6. The van der Waals surface area contributed by atoms with Gasteiger partial charge in [0, 0.05) is 13.1 Å². The fourth-order valence-electron chi connectivity index (χ4n) is 1.90. The Hall–Kier alpha value is -0.470. The number of benzene rings is 1. The van der Waals surface area contributed by atoms with E-state index in [0.29, 0.717) is 0 Å². The maximum atomic E-state index is 11.9. The van der Waals surface area contributed by atoms with Gasteiger partial charge in [0.25, 0.3) is 10.1 Å². The van der Waals surface area contributed by atoms with Gasteiger partial charge in [-0.2, -0.15) is 8.42 Å². The van der Waals surface area contributed by atoms with Gasteiger partial charge in [-0.1, -0.05) is 33.6 Å². The SMILES string of the molecule is Cc1ccc(S(=O)(=O)OCCOC2CNCC2Br)cc1. The highest BCUT2D eigenvalue weighted by molar-refractivity contribution is 9.09. The lowest BCUT2D eigenvalue weighted by Gasteiger charge is -2.14. The van der Waals surface area contributed by atoms with Gasteiger partial charge in [-0.25, -0.2) is 0 Å². The minimum absolute atomic E-state index is 0.0203. The van der Waals surface area contributed by atoms with Crippen molar-refractivity contribution in [3.63, 3.8) is 0 Å². The largest absolute Gasteiger partial charge is 0.373 e. The zero-order valence-electron chi connectivity index (χ0n) is 11.2. The Labute approximate surface area is 127 Å². The molecular weight excluding hydrogens is 346 g/mol. The van der Waals surface area contributed by atoms with Gasteiger partial charge < -0.3 is 10.1 Å². The van der Waals surface area contributed by atoms with E-state index in [1.807, 2.05) is 6.92 Å². The molecule has 1 N–H and O–H groups in total. The number of halogens is 1. The van der Waals surface area contributed by atoms with Crippen molar-refractivity contribution in [2.75, 3.05) is 26.3 Å². The van der Waals surface area contributed by atoms with Gasteiger partial charge in [0.1, 0.15) is 0 Å². The van der Waals surface area contributed by atoms with Crippen LogP contribution < -0.4 is 5.32 Å². The topological polar surface area (TPSA) is 64.6 Å². The molecule has 2 atom stereocenters. The molecule has 1 saturated heterocycles. The van der Waals surface area contributed by atoms with E-state index in [4.69, 9.17) is 8.92 Å². The smallest absolute Gasteiger partial charge is 0.297 e. The third-order valence-corrected chi connectivity index (χ3v) is 5.29. The summed E-state index contributed by atoms with van der Waals surface area (Å²) in [7, 11) is -3.69. The lowest BCUT2D eigenvalue weighted by Crippen LogP contribution is -2.25. The van der Waals surface area contributed by atoms with Crippen molar-refractivity contribution in [3.05, 3.63) is 29.8 Å². The molecule has 1 fully saturated rings. The van der Waals surface area contributed by atoms with Crippen LogP contribution in [0.2, 0.25) is 0 Å². The molecule has 0 aliphatic carbocycles. The first-order chi connectivity index (χ1) is 9.49. The number of nitrogens with one attached hydrogen (secondary N) is 1. The Morgan fingerprint density at radius 3 is 2.55 bits per heavy atom. The molecule has 1 aliphatic rings. The van der Waals surface area contributed by atoms with E-state index < -0.39 is 10.1 Å². The van der Waals surface area contributed by atoms with Crippen molar-refractivity contribution >= 4 is 26.0 Å². The van der Waals surface area contributed by atoms with Crippen LogP contribution in [0.25, 0.3) is 0 Å². The number of ether oxygens (including phenoxy) is 1. The Kier molecular flexibility index (Phi) is 5.57. The van der Waals surface area contributed by atoms with Crippen LogP contribution in [0.5, 0.6) is 0 Å². The molecule has 0 aromatic heterocycles. The first kappa shape index (κ1) is 15.9. The van der Waals surface area contributed by atoms with Gasteiger partial charge >= 0.3 is 0 Å². The van der Waals surface area contributed by atoms with Crippen molar-refractivity contribution in [2.45, 2.75) is 22.8 Å². The zero-order valence-corrected chi connectivity index (χ0v) is 13.6. The molecule has 0 radical (unpaired) electrons. The molecule has 1 heterocycles. The van der Waals surface area contributed by atoms with E-state index in [-0.39, 0.29) is 29.0 Å². The lowest BCUT2D eigenvalue weighted by atomic mass is 10.2. The minimum Gasteiger partial charge on any atom is -0.373 e. The minimum atomic E-state index is -3.69. The Balaban J connectivity index is 1.79. The van der Waals surface area contributed by atoms with Crippen molar-refractivity contribution in [1.29, 1.82) is 0 Å². The average molecular weight is 364 g/mol. The normalized spacial score (nSPS) is 23.1. The molecule has 0 saturated carbocycles. The molecule has 1 aromatic rings. The summed E-state index contributed by atoms with van der Waals surface area (Å²) in [6, 6.07) is 6.57. The maximum Gasteiger partial charge on any atom is 0.297 e. The molecule has 7 heteroatoms. The number of aryl methyl sites for hydroxylation is 1. The highest BCUT2D eigenvalue weighted by Gasteiger charge is 2.25. The van der Waals surface area contributed by atoms with E-state index in [1.165, 1.54) is 0 Å². The van der Waals surface area contributed by atoms with Crippen molar-refractivity contribution < 1.29 is 17.3 Å². The fourth-order valence-corrected chi connectivity index (χ4v) is 3.36. The molecule has 0 amide bonds. The molecule has 1 aromatic carbocycles. The highest BCUT2D eigenvalue weighted by atomic mass is 79.9. The Morgan fingerprint density at radius 1 is 1.25 bits per heavy atom. The molecule has 112 valence electrons. The number of alkyl halides is 1. The van der Waals surface area contributed by atoms with Gasteiger partial charge in [-0.3, -0.25) is 4.18 Å². The standard InChI is InChI=1S/C13H18BrNO4S/c1-10-2-4-11(5-3-10)20(16,17)19-7-6-18-13-9-15-8-12(13)14/h2-5,12-13,15H,6-9H2,1H3. The van der Waals surface area contributed by atoms with Gasteiger partial charge in [0.2, 0.25) is 0 Å². The van der Waals surface area contributed by atoms with Crippen LogP contribution in [-0.2, 0) is 19.0 Å². The monoisotopic (exact) mass is 363 g/mol. The molecule has 2 unspecified atom stereocenters. The quantitative estimate of drug-likeness (QED) is 0.470. The van der Waals surface area contributed by atoms with E-state index >= 15 is 0 Å². The molecular formula is C13H18BrNO4S. The van der Waals surface area contributed by atoms with Crippen LogP contribution in [0.3, 0.4) is 0 Å². The summed E-state index contributed by atoms with van der Waals surface area (Å²) in [5.41, 5.74) is 1.00. The predicted molar refractivity (Wildman–Crippen MR) is 79.6 cm³/mol. The Morgan fingerprint density at radius 2 is 1.95 bits per heavy atom. The van der Waals surface area contributed by atoms with Crippen molar-refractivity contribution in [2.24, 2.45) is 0 Å². The first-order valence-corrected chi connectivity index (χ1v) is 8.74. The summed E-state index contributed by atoms with van der Waals surface area (Å²) in [4.78, 5) is 0.431. The summed E-state index contributed by atoms with van der Waals surface area (Å²) >= 11 is 3.49. The molecule has 0 bridgehead atoms. The van der Waals surface area contributed by atoms with Crippen molar-refractivity contribution in [1.82, 2.24) is 5.32 Å².